The van der Waals surface area contributed by atoms with Gasteiger partial charge in [-0.05, 0) is 29.7 Å². The lowest BCUT2D eigenvalue weighted by molar-refractivity contribution is 0.482. The quantitative estimate of drug-likeness (QED) is 0.311. The summed E-state index contributed by atoms with van der Waals surface area (Å²) in [6, 6.07) is 23.0. The van der Waals surface area contributed by atoms with Gasteiger partial charge >= 0.3 is 0 Å². The highest BCUT2D eigenvalue weighted by Gasteiger charge is 2.07. The molecule has 0 saturated carbocycles. The minimum atomic E-state index is 0.116. The standard InChI is InChI=1S/C22H14N4O/c27-22-17-6-2-1-4-14(17)9-11-18(22)25-26-19-12-10-16-8-7-15-5-3-13-23-20(15)21(16)24-19/h1-13,27H. The molecule has 3 aromatic carbocycles. The molecule has 0 aliphatic heterocycles. The highest BCUT2D eigenvalue weighted by molar-refractivity contribution is 6.03. The zero-order valence-electron chi connectivity index (χ0n) is 14.2. The smallest absolute Gasteiger partial charge is 0.175 e. The van der Waals surface area contributed by atoms with Crippen LogP contribution in [0.1, 0.15) is 0 Å². The molecule has 0 radical (unpaired) electrons. The highest BCUT2D eigenvalue weighted by Crippen LogP contribution is 2.35. The Kier molecular flexibility index (Phi) is 3.50. The maximum absolute atomic E-state index is 10.5. The zero-order valence-corrected chi connectivity index (χ0v) is 14.2. The average Bonchev–Trinajstić information content (AvgIpc) is 2.73. The first-order chi connectivity index (χ1) is 13.3. The van der Waals surface area contributed by atoms with Crippen LogP contribution in [0.2, 0.25) is 0 Å². The van der Waals surface area contributed by atoms with Crippen molar-refractivity contribution < 1.29 is 5.11 Å². The molecule has 0 aliphatic carbocycles. The number of hydrogen-bond acceptors (Lipinski definition) is 5. The Morgan fingerprint density at radius 3 is 2.33 bits per heavy atom. The molecule has 5 nitrogen and oxygen atoms in total. The molecule has 0 aliphatic rings. The minimum Gasteiger partial charge on any atom is -0.505 e. The van der Waals surface area contributed by atoms with E-state index in [9.17, 15) is 5.11 Å². The number of benzene rings is 3. The lowest BCUT2D eigenvalue weighted by Gasteiger charge is -2.04. The van der Waals surface area contributed by atoms with Gasteiger partial charge in [0.25, 0.3) is 0 Å². The third kappa shape index (κ3) is 2.66. The van der Waals surface area contributed by atoms with E-state index < -0.39 is 0 Å². The van der Waals surface area contributed by atoms with Gasteiger partial charge in [-0.3, -0.25) is 4.98 Å². The molecule has 0 amide bonds. The minimum absolute atomic E-state index is 0.116. The van der Waals surface area contributed by atoms with E-state index in [1.165, 1.54) is 0 Å². The lowest BCUT2D eigenvalue weighted by Crippen LogP contribution is -1.84. The van der Waals surface area contributed by atoms with Crippen molar-refractivity contribution in [1.82, 2.24) is 9.97 Å². The number of aromatic hydroxyl groups is 1. The molecule has 0 spiro atoms. The first-order valence-corrected chi connectivity index (χ1v) is 8.56. The second-order valence-corrected chi connectivity index (χ2v) is 6.24. The largest absolute Gasteiger partial charge is 0.505 e. The number of fused-ring (bicyclic) bond motifs is 4. The van der Waals surface area contributed by atoms with Gasteiger partial charge in [-0.2, -0.15) is 0 Å². The molecule has 1 N–H and O–H groups in total. The van der Waals surface area contributed by atoms with Crippen molar-refractivity contribution in [2.75, 3.05) is 0 Å². The van der Waals surface area contributed by atoms with Crippen molar-refractivity contribution in [3.05, 3.63) is 79.0 Å². The molecule has 27 heavy (non-hydrogen) atoms. The van der Waals surface area contributed by atoms with Crippen LogP contribution in [0.3, 0.4) is 0 Å². The van der Waals surface area contributed by atoms with Crippen molar-refractivity contribution in [3.8, 4) is 5.75 Å². The fourth-order valence-corrected chi connectivity index (χ4v) is 3.20. The predicted molar refractivity (Wildman–Crippen MR) is 107 cm³/mol. The predicted octanol–water partition coefficient (Wildman–Crippen LogP) is 6.06. The summed E-state index contributed by atoms with van der Waals surface area (Å²) in [5.41, 5.74) is 2.03. The first kappa shape index (κ1) is 15.4. The summed E-state index contributed by atoms with van der Waals surface area (Å²) in [4.78, 5) is 9.05. The van der Waals surface area contributed by atoms with Gasteiger partial charge in [0.15, 0.2) is 11.6 Å². The Morgan fingerprint density at radius 1 is 0.667 bits per heavy atom. The van der Waals surface area contributed by atoms with Gasteiger partial charge in [0.1, 0.15) is 5.69 Å². The average molecular weight is 350 g/mol. The maximum atomic E-state index is 10.5. The maximum Gasteiger partial charge on any atom is 0.175 e. The fourth-order valence-electron chi connectivity index (χ4n) is 3.20. The Balaban J connectivity index is 1.60. The molecule has 5 heteroatoms. The molecule has 0 fully saturated rings. The van der Waals surface area contributed by atoms with Gasteiger partial charge in [0, 0.05) is 22.4 Å². The number of hydrogen-bond donors (Lipinski definition) is 1. The van der Waals surface area contributed by atoms with Crippen molar-refractivity contribution in [3.63, 3.8) is 0 Å². The fraction of sp³-hybridized carbons (Fsp3) is 0. The van der Waals surface area contributed by atoms with Crippen LogP contribution in [0.5, 0.6) is 5.75 Å². The van der Waals surface area contributed by atoms with Crippen LogP contribution >= 0.6 is 0 Å². The van der Waals surface area contributed by atoms with E-state index in [1.54, 1.807) is 18.3 Å². The molecular weight excluding hydrogens is 336 g/mol. The Bertz CT molecular complexity index is 1340. The van der Waals surface area contributed by atoms with Crippen LogP contribution < -0.4 is 0 Å². The molecule has 0 saturated heterocycles. The molecule has 0 bridgehead atoms. The summed E-state index contributed by atoms with van der Waals surface area (Å²) < 4.78 is 0. The van der Waals surface area contributed by atoms with E-state index in [0.717, 1.165) is 32.6 Å². The summed E-state index contributed by atoms with van der Waals surface area (Å²) >= 11 is 0. The van der Waals surface area contributed by atoms with Crippen LogP contribution in [0.4, 0.5) is 11.5 Å². The molecule has 2 aromatic heterocycles. The molecular formula is C22H14N4O. The number of azo groups is 1. The summed E-state index contributed by atoms with van der Waals surface area (Å²) in [5, 5.41) is 22.6. The van der Waals surface area contributed by atoms with E-state index in [4.69, 9.17) is 0 Å². The van der Waals surface area contributed by atoms with Crippen LogP contribution in [0.15, 0.2) is 89.2 Å². The number of phenols is 1. The van der Waals surface area contributed by atoms with Crippen molar-refractivity contribution >= 4 is 44.1 Å². The molecule has 5 aromatic rings. The Labute approximate surface area is 154 Å². The van der Waals surface area contributed by atoms with E-state index in [1.807, 2.05) is 60.7 Å². The normalized spacial score (nSPS) is 11.7. The van der Waals surface area contributed by atoms with Crippen LogP contribution in [0.25, 0.3) is 32.6 Å². The number of pyridine rings is 2. The Hall–Kier alpha value is -3.86. The van der Waals surface area contributed by atoms with Gasteiger partial charge in [-0.15, -0.1) is 10.2 Å². The summed E-state index contributed by atoms with van der Waals surface area (Å²) in [6.45, 7) is 0. The lowest BCUT2D eigenvalue weighted by atomic mass is 10.1. The van der Waals surface area contributed by atoms with Gasteiger partial charge in [-0.25, -0.2) is 4.98 Å². The second-order valence-electron chi connectivity index (χ2n) is 6.24. The van der Waals surface area contributed by atoms with E-state index in [0.29, 0.717) is 11.5 Å². The SMILES string of the molecule is Oc1c(N=Nc2ccc3ccc4cccnc4c3n2)ccc2ccccc12. The zero-order chi connectivity index (χ0) is 18.2. The molecule has 5 rings (SSSR count). The molecule has 2 heterocycles. The molecule has 128 valence electrons. The topological polar surface area (TPSA) is 70.7 Å². The Morgan fingerprint density at radius 2 is 1.41 bits per heavy atom. The number of rotatable bonds is 2. The van der Waals surface area contributed by atoms with E-state index in [-0.39, 0.29) is 5.75 Å². The van der Waals surface area contributed by atoms with E-state index in [2.05, 4.69) is 20.2 Å². The highest BCUT2D eigenvalue weighted by atomic mass is 16.3. The van der Waals surface area contributed by atoms with Gasteiger partial charge in [0.2, 0.25) is 0 Å². The second kappa shape index (κ2) is 6.14. The van der Waals surface area contributed by atoms with Gasteiger partial charge in [-0.1, -0.05) is 48.5 Å². The van der Waals surface area contributed by atoms with Crippen LogP contribution in [0, 0.1) is 0 Å². The summed E-state index contributed by atoms with van der Waals surface area (Å²) in [7, 11) is 0. The first-order valence-electron chi connectivity index (χ1n) is 8.56. The third-order valence-electron chi connectivity index (χ3n) is 4.56. The third-order valence-corrected chi connectivity index (χ3v) is 4.56. The van der Waals surface area contributed by atoms with Crippen molar-refractivity contribution in [2.45, 2.75) is 0 Å². The number of aromatic nitrogens is 2. The van der Waals surface area contributed by atoms with Crippen molar-refractivity contribution in [2.24, 2.45) is 10.2 Å². The summed E-state index contributed by atoms with van der Waals surface area (Å²) in [6.07, 6.45) is 1.75. The number of nitrogens with zero attached hydrogens (tertiary/aromatic N) is 4. The van der Waals surface area contributed by atoms with Crippen LogP contribution in [-0.2, 0) is 0 Å². The van der Waals surface area contributed by atoms with Crippen LogP contribution in [-0.4, -0.2) is 15.1 Å². The monoisotopic (exact) mass is 350 g/mol. The number of phenolic OH excluding ortho intramolecular Hbond substituents is 1. The van der Waals surface area contributed by atoms with Gasteiger partial charge < -0.3 is 5.11 Å². The van der Waals surface area contributed by atoms with Gasteiger partial charge in [0.05, 0.1) is 11.0 Å². The molecule has 0 unspecified atom stereocenters. The van der Waals surface area contributed by atoms with Crippen molar-refractivity contribution in [1.29, 1.82) is 0 Å². The van der Waals surface area contributed by atoms with E-state index >= 15 is 0 Å². The molecule has 0 atom stereocenters. The summed E-state index contributed by atoms with van der Waals surface area (Å²) in [5.74, 6) is 0.581.